The molecule has 28 heavy (non-hydrogen) atoms. The van der Waals surface area contributed by atoms with Crippen LogP contribution in [0.25, 0.3) is 11.1 Å². The van der Waals surface area contributed by atoms with Crippen molar-refractivity contribution in [2.45, 2.75) is 0 Å². The van der Waals surface area contributed by atoms with E-state index in [4.69, 9.17) is 4.74 Å². The molecule has 0 unspecified atom stereocenters. The maximum atomic E-state index is 12.9. The first-order chi connectivity index (χ1) is 13.7. The van der Waals surface area contributed by atoms with Gasteiger partial charge in [-0.25, -0.2) is 0 Å². The lowest BCUT2D eigenvalue weighted by molar-refractivity contribution is -0.118. The number of ether oxygens (including phenoxy) is 1. The third-order valence-electron chi connectivity index (χ3n) is 4.38. The summed E-state index contributed by atoms with van der Waals surface area (Å²) < 4.78 is 5.33. The van der Waals surface area contributed by atoms with Crippen molar-refractivity contribution < 1.29 is 14.3 Å². The molecule has 3 aromatic carbocycles. The number of carbonyl (C=O) groups excluding carboxylic acids is 2. The molecule has 6 nitrogen and oxygen atoms in total. The second-order valence-corrected chi connectivity index (χ2v) is 6.20. The molecule has 0 atom stereocenters. The second kappa shape index (κ2) is 7.25. The zero-order valence-electron chi connectivity index (χ0n) is 14.7. The fourth-order valence-corrected chi connectivity index (χ4v) is 3.09. The molecule has 2 amide bonds. The molecular formula is C22H15N3O3. The molecule has 0 fully saturated rings. The number of hydrogen-bond acceptors (Lipinski definition) is 4. The van der Waals surface area contributed by atoms with E-state index in [1.165, 1.54) is 0 Å². The van der Waals surface area contributed by atoms with E-state index in [1.54, 1.807) is 42.5 Å². The molecule has 0 radical (unpaired) electrons. The summed E-state index contributed by atoms with van der Waals surface area (Å²) >= 11 is 0. The molecule has 0 saturated heterocycles. The van der Waals surface area contributed by atoms with Gasteiger partial charge in [0.2, 0.25) is 0 Å². The smallest absolute Gasteiger partial charge is 0.262 e. The summed E-state index contributed by atoms with van der Waals surface area (Å²) in [6.07, 6.45) is 0. The Morgan fingerprint density at radius 2 is 1.79 bits per heavy atom. The molecule has 0 aromatic heterocycles. The molecule has 136 valence electrons. The number of benzene rings is 3. The summed E-state index contributed by atoms with van der Waals surface area (Å²) in [4.78, 5) is 24.4. The molecule has 1 aliphatic heterocycles. The van der Waals surface area contributed by atoms with Gasteiger partial charge in [-0.1, -0.05) is 36.4 Å². The fourth-order valence-electron chi connectivity index (χ4n) is 3.09. The molecule has 3 aromatic rings. The van der Waals surface area contributed by atoms with Gasteiger partial charge in [0.25, 0.3) is 11.8 Å². The first-order valence-electron chi connectivity index (χ1n) is 8.62. The Hall–Kier alpha value is -4.11. The summed E-state index contributed by atoms with van der Waals surface area (Å²) in [7, 11) is 0. The number of nitrogens with zero attached hydrogens (tertiary/aromatic N) is 1. The van der Waals surface area contributed by atoms with E-state index >= 15 is 0 Å². The zero-order valence-corrected chi connectivity index (χ0v) is 14.7. The van der Waals surface area contributed by atoms with Crippen LogP contribution < -0.4 is 15.4 Å². The van der Waals surface area contributed by atoms with Crippen molar-refractivity contribution in [2.24, 2.45) is 0 Å². The average Bonchev–Trinajstić information content (AvgIpc) is 2.73. The Morgan fingerprint density at radius 1 is 1.04 bits per heavy atom. The number of carbonyl (C=O) groups is 2. The molecule has 0 aliphatic carbocycles. The second-order valence-electron chi connectivity index (χ2n) is 6.20. The number of rotatable bonds is 3. The third kappa shape index (κ3) is 3.29. The molecule has 4 rings (SSSR count). The highest BCUT2D eigenvalue weighted by Crippen LogP contribution is 2.31. The Morgan fingerprint density at radius 3 is 2.61 bits per heavy atom. The Kier molecular flexibility index (Phi) is 4.48. The lowest BCUT2D eigenvalue weighted by Gasteiger charge is -2.19. The monoisotopic (exact) mass is 369 g/mol. The fraction of sp³-hybridized carbons (Fsp3) is 0.0455. The van der Waals surface area contributed by atoms with Crippen molar-refractivity contribution in [1.29, 1.82) is 5.26 Å². The largest absolute Gasteiger partial charge is 0.482 e. The van der Waals surface area contributed by atoms with E-state index in [-0.39, 0.29) is 18.4 Å². The van der Waals surface area contributed by atoms with E-state index in [1.807, 2.05) is 24.3 Å². The first kappa shape index (κ1) is 17.3. The van der Waals surface area contributed by atoms with E-state index in [9.17, 15) is 14.9 Å². The van der Waals surface area contributed by atoms with Crippen molar-refractivity contribution in [2.75, 3.05) is 17.2 Å². The Bertz CT molecular complexity index is 1130. The summed E-state index contributed by atoms with van der Waals surface area (Å²) in [6.45, 7) is -0.0234. The summed E-state index contributed by atoms with van der Waals surface area (Å²) in [5, 5.41) is 14.9. The van der Waals surface area contributed by atoms with Crippen molar-refractivity contribution in [3.05, 3.63) is 77.9 Å². The highest BCUT2D eigenvalue weighted by atomic mass is 16.5. The zero-order chi connectivity index (χ0) is 19.5. The van der Waals surface area contributed by atoms with E-state index in [0.29, 0.717) is 39.4 Å². The molecule has 2 N–H and O–H groups in total. The highest BCUT2D eigenvalue weighted by molar-refractivity contribution is 6.09. The maximum Gasteiger partial charge on any atom is 0.262 e. The van der Waals surface area contributed by atoms with Gasteiger partial charge in [0.15, 0.2) is 6.61 Å². The number of fused-ring (bicyclic) bond motifs is 1. The summed E-state index contributed by atoms with van der Waals surface area (Å²) in [6, 6.07) is 21.5. The maximum absolute atomic E-state index is 12.9. The standard InChI is InChI=1S/C22H15N3O3/c23-12-14-5-1-2-6-16(14)17-7-3-4-8-18(17)22(27)24-15-9-10-20-19(11-15)25-21(26)13-28-20/h1-11H,13H2,(H,24,27)(H,25,26). The molecule has 0 bridgehead atoms. The van der Waals surface area contributed by atoms with Crippen LogP contribution in [-0.4, -0.2) is 18.4 Å². The van der Waals surface area contributed by atoms with Gasteiger partial charge >= 0.3 is 0 Å². The van der Waals surface area contributed by atoms with Gasteiger partial charge in [-0.15, -0.1) is 0 Å². The molecule has 1 heterocycles. The van der Waals surface area contributed by atoms with Gasteiger partial charge < -0.3 is 15.4 Å². The van der Waals surface area contributed by atoms with Crippen LogP contribution in [0.1, 0.15) is 15.9 Å². The number of anilines is 2. The van der Waals surface area contributed by atoms with Crippen LogP contribution in [0.2, 0.25) is 0 Å². The quantitative estimate of drug-likeness (QED) is 0.734. The average molecular weight is 369 g/mol. The molecule has 1 aliphatic rings. The van der Waals surface area contributed by atoms with Crippen LogP contribution in [0.3, 0.4) is 0 Å². The van der Waals surface area contributed by atoms with Gasteiger partial charge in [0, 0.05) is 16.8 Å². The predicted octanol–water partition coefficient (Wildman–Crippen LogP) is 3.81. The van der Waals surface area contributed by atoms with Crippen LogP contribution >= 0.6 is 0 Å². The topological polar surface area (TPSA) is 91.2 Å². The third-order valence-corrected chi connectivity index (χ3v) is 4.38. The number of amides is 2. The summed E-state index contributed by atoms with van der Waals surface area (Å²) in [5.74, 6) is 0.00160. The minimum atomic E-state index is -0.314. The van der Waals surface area contributed by atoms with Crippen LogP contribution in [0.5, 0.6) is 5.75 Å². The van der Waals surface area contributed by atoms with Crippen LogP contribution in [-0.2, 0) is 4.79 Å². The van der Waals surface area contributed by atoms with Crippen LogP contribution in [0.15, 0.2) is 66.7 Å². The Balaban J connectivity index is 1.66. The van der Waals surface area contributed by atoms with E-state index in [0.717, 1.165) is 0 Å². The van der Waals surface area contributed by atoms with Crippen molar-refractivity contribution in [1.82, 2.24) is 0 Å². The molecule has 6 heteroatoms. The van der Waals surface area contributed by atoms with Gasteiger partial charge in [-0.05, 0) is 35.9 Å². The Labute approximate surface area is 161 Å². The van der Waals surface area contributed by atoms with E-state index < -0.39 is 0 Å². The van der Waals surface area contributed by atoms with Gasteiger partial charge in [-0.2, -0.15) is 5.26 Å². The molecule has 0 saturated carbocycles. The van der Waals surface area contributed by atoms with Gasteiger partial charge in [-0.3, -0.25) is 9.59 Å². The lowest BCUT2D eigenvalue weighted by Crippen LogP contribution is -2.25. The van der Waals surface area contributed by atoms with Crippen LogP contribution in [0, 0.1) is 11.3 Å². The minimum Gasteiger partial charge on any atom is -0.482 e. The van der Waals surface area contributed by atoms with Gasteiger partial charge in [0.05, 0.1) is 17.3 Å². The number of nitrogens with one attached hydrogen (secondary N) is 2. The van der Waals surface area contributed by atoms with Crippen molar-refractivity contribution >= 4 is 23.2 Å². The minimum absolute atomic E-state index is 0.0234. The van der Waals surface area contributed by atoms with Crippen molar-refractivity contribution in [3.63, 3.8) is 0 Å². The van der Waals surface area contributed by atoms with Gasteiger partial charge in [0.1, 0.15) is 5.75 Å². The lowest BCUT2D eigenvalue weighted by atomic mass is 9.95. The first-order valence-corrected chi connectivity index (χ1v) is 8.62. The molecular weight excluding hydrogens is 354 g/mol. The number of nitriles is 1. The van der Waals surface area contributed by atoms with Crippen LogP contribution in [0.4, 0.5) is 11.4 Å². The predicted molar refractivity (Wildman–Crippen MR) is 105 cm³/mol. The number of hydrogen-bond donors (Lipinski definition) is 2. The summed E-state index contributed by atoms with van der Waals surface area (Å²) in [5.41, 5.74) is 3.35. The SMILES string of the molecule is N#Cc1ccccc1-c1ccccc1C(=O)Nc1ccc2c(c1)NC(=O)CO2. The van der Waals surface area contributed by atoms with E-state index in [2.05, 4.69) is 16.7 Å². The van der Waals surface area contributed by atoms with Crippen molar-refractivity contribution in [3.8, 4) is 22.9 Å². The highest BCUT2D eigenvalue weighted by Gasteiger charge is 2.18. The molecule has 0 spiro atoms. The normalized spacial score (nSPS) is 12.2.